The number of carbonyl (C=O) groups excluding carboxylic acids is 1. The molecule has 1 saturated heterocycles. The topological polar surface area (TPSA) is 50.6 Å². The van der Waals surface area contributed by atoms with Crippen LogP contribution < -0.4 is 4.90 Å². The van der Waals surface area contributed by atoms with E-state index in [-0.39, 0.29) is 5.91 Å². The van der Waals surface area contributed by atoms with Gasteiger partial charge in [-0.2, -0.15) is 5.10 Å². The third-order valence-electron chi connectivity index (χ3n) is 6.15. The summed E-state index contributed by atoms with van der Waals surface area (Å²) in [7, 11) is 0. The summed E-state index contributed by atoms with van der Waals surface area (Å²) in [6.07, 6.45) is 0.919. The highest BCUT2D eigenvalue weighted by molar-refractivity contribution is 6.00. The van der Waals surface area contributed by atoms with Gasteiger partial charge in [0.25, 0.3) is 0 Å². The van der Waals surface area contributed by atoms with E-state index in [0.29, 0.717) is 19.8 Å². The van der Waals surface area contributed by atoms with Crippen LogP contribution in [0.4, 0.5) is 5.82 Å². The molecule has 6 heteroatoms. The average Bonchev–Trinajstić information content (AvgIpc) is 3.16. The van der Waals surface area contributed by atoms with Crippen LogP contribution in [0.15, 0.2) is 54.6 Å². The Balaban J connectivity index is 1.56. The molecule has 0 saturated carbocycles. The van der Waals surface area contributed by atoms with Gasteiger partial charge in [-0.25, -0.2) is 4.68 Å². The smallest absolute Gasteiger partial charge is 0.242 e. The minimum atomic E-state index is 0.140. The quantitative estimate of drug-likeness (QED) is 0.652. The molecular weight excluding hydrogens is 388 g/mol. The molecule has 2 aliphatic rings. The van der Waals surface area contributed by atoms with Crippen molar-refractivity contribution in [3.05, 3.63) is 60.3 Å². The number of benzene rings is 2. The maximum Gasteiger partial charge on any atom is 0.242 e. The first-order valence-electron chi connectivity index (χ1n) is 11.0. The number of aryl methyl sites for hydroxylation is 2. The Hall–Kier alpha value is -2.96. The molecular formula is C25H28N4O2. The molecule has 0 aliphatic carbocycles. The number of rotatable bonds is 4. The SMILES string of the molecule is Cc1nn2c(c1-c1ccccc1-c1ccccc1)N(C(=O)CN1CCOCC1)CCC2. The summed E-state index contributed by atoms with van der Waals surface area (Å²) in [5, 5.41) is 4.83. The molecule has 0 spiro atoms. The van der Waals surface area contributed by atoms with E-state index in [0.717, 1.165) is 60.8 Å². The van der Waals surface area contributed by atoms with Crippen molar-refractivity contribution in [2.75, 3.05) is 44.3 Å². The van der Waals surface area contributed by atoms with Crippen LogP contribution >= 0.6 is 0 Å². The summed E-state index contributed by atoms with van der Waals surface area (Å²) in [5.74, 6) is 1.08. The second-order valence-electron chi connectivity index (χ2n) is 8.21. The fraction of sp³-hybridized carbons (Fsp3) is 0.360. The average molecular weight is 417 g/mol. The number of carbonyl (C=O) groups is 1. The third-order valence-corrected chi connectivity index (χ3v) is 6.15. The molecule has 0 radical (unpaired) electrons. The molecule has 6 nitrogen and oxygen atoms in total. The monoisotopic (exact) mass is 416 g/mol. The maximum atomic E-state index is 13.4. The van der Waals surface area contributed by atoms with Gasteiger partial charge in [0.05, 0.1) is 25.5 Å². The molecule has 31 heavy (non-hydrogen) atoms. The molecule has 2 aliphatic heterocycles. The summed E-state index contributed by atoms with van der Waals surface area (Å²) < 4.78 is 7.46. The Morgan fingerprint density at radius 3 is 2.42 bits per heavy atom. The Labute approximate surface area is 183 Å². The van der Waals surface area contributed by atoms with Crippen molar-refractivity contribution >= 4 is 11.7 Å². The van der Waals surface area contributed by atoms with E-state index < -0.39 is 0 Å². The van der Waals surface area contributed by atoms with Crippen molar-refractivity contribution < 1.29 is 9.53 Å². The van der Waals surface area contributed by atoms with Gasteiger partial charge in [0.1, 0.15) is 5.82 Å². The summed E-state index contributed by atoms with van der Waals surface area (Å²) in [6.45, 7) is 7.05. The Kier molecular flexibility index (Phi) is 5.57. The molecule has 1 amide bonds. The molecule has 1 aromatic heterocycles. The maximum absolute atomic E-state index is 13.4. The molecule has 0 N–H and O–H groups in total. The lowest BCUT2D eigenvalue weighted by atomic mass is 9.94. The number of aromatic nitrogens is 2. The second-order valence-corrected chi connectivity index (χ2v) is 8.21. The molecule has 0 unspecified atom stereocenters. The molecule has 2 aromatic carbocycles. The number of fused-ring (bicyclic) bond motifs is 1. The van der Waals surface area contributed by atoms with E-state index in [1.165, 1.54) is 5.56 Å². The van der Waals surface area contributed by atoms with Crippen molar-refractivity contribution in [2.24, 2.45) is 0 Å². The van der Waals surface area contributed by atoms with Crippen molar-refractivity contribution in [1.29, 1.82) is 0 Å². The normalized spacial score (nSPS) is 16.9. The first-order valence-corrected chi connectivity index (χ1v) is 11.0. The predicted molar refractivity (Wildman–Crippen MR) is 122 cm³/mol. The standard InChI is InChI=1S/C25H28N4O2/c1-19-24(22-11-6-5-10-21(22)20-8-3-2-4-9-20)25-28(12-7-13-29(25)26-19)23(30)18-27-14-16-31-17-15-27/h2-6,8-11H,7,12-18H2,1H3. The lowest BCUT2D eigenvalue weighted by Crippen LogP contribution is -2.47. The minimum Gasteiger partial charge on any atom is -0.379 e. The summed E-state index contributed by atoms with van der Waals surface area (Å²) in [4.78, 5) is 17.5. The number of amides is 1. The first kappa shape index (κ1) is 20.0. The fourth-order valence-corrected chi connectivity index (χ4v) is 4.65. The van der Waals surface area contributed by atoms with Crippen LogP contribution in [0, 0.1) is 6.92 Å². The molecule has 1 fully saturated rings. The molecule has 0 bridgehead atoms. The highest BCUT2D eigenvalue weighted by atomic mass is 16.5. The van der Waals surface area contributed by atoms with Gasteiger partial charge in [-0.05, 0) is 30.0 Å². The Bertz CT molecular complexity index is 1070. The fourth-order valence-electron chi connectivity index (χ4n) is 4.65. The number of nitrogens with zero attached hydrogens (tertiary/aromatic N) is 4. The first-order chi connectivity index (χ1) is 15.2. The van der Waals surface area contributed by atoms with Crippen molar-refractivity contribution in [2.45, 2.75) is 19.9 Å². The van der Waals surface area contributed by atoms with E-state index in [4.69, 9.17) is 9.84 Å². The zero-order chi connectivity index (χ0) is 21.2. The minimum absolute atomic E-state index is 0.140. The summed E-state index contributed by atoms with van der Waals surface area (Å²) in [5.41, 5.74) is 5.48. The number of morpholine rings is 1. The molecule has 5 rings (SSSR count). The second kappa shape index (κ2) is 8.65. The number of hydrogen-bond donors (Lipinski definition) is 0. The predicted octanol–water partition coefficient (Wildman–Crippen LogP) is 3.59. The van der Waals surface area contributed by atoms with Gasteiger partial charge in [-0.3, -0.25) is 14.6 Å². The van der Waals surface area contributed by atoms with E-state index in [2.05, 4.69) is 53.4 Å². The van der Waals surface area contributed by atoms with Crippen molar-refractivity contribution in [3.8, 4) is 22.3 Å². The Morgan fingerprint density at radius 1 is 0.935 bits per heavy atom. The van der Waals surface area contributed by atoms with Crippen LogP contribution in [0.3, 0.4) is 0 Å². The van der Waals surface area contributed by atoms with Gasteiger partial charge in [-0.1, -0.05) is 54.6 Å². The van der Waals surface area contributed by atoms with Crippen LogP contribution in [0.5, 0.6) is 0 Å². The van der Waals surface area contributed by atoms with Gasteiger partial charge < -0.3 is 4.74 Å². The molecule has 0 atom stereocenters. The van der Waals surface area contributed by atoms with Crippen molar-refractivity contribution in [1.82, 2.24) is 14.7 Å². The molecule has 3 aromatic rings. The van der Waals surface area contributed by atoms with Gasteiger partial charge in [0.2, 0.25) is 5.91 Å². The summed E-state index contributed by atoms with van der Waals surface area (Å²) >= 11 is 0. The lowest BCUT2D eigenvalue weighted by molar-refractivity contribution is -0.121. The largest absolute Gasteiger partial charge is 0.379 e. The number of hydrogen-bond acceptors (Lipinski definition) is 4. The van der Waals surface area contributed by atoms with Crippen LogP contribution in [0.2, 0.25) is 0 Å². The summed E-state index contributed by atoms with van der Waals surface area (Å²) in [6, 6.07) is 18.8. The van der Waals surface area contributed by atoms with E-state index in [1.54, 1.807) is 0 Å². The van der Waals surface area contributed by atoms with Crippen LogP contribution in [-0.2, 0) is 16.1 Å². The van der Waals surface area contributed by atoms with Gasteiger partial charge in [-0.15, -0.1) is 0 Å². The van der Waals surface area contributed by atoms with Crippen LogP contribution in [-0.4, -0.2) is 60.0 Å². The van der Waals surface area contributed by atoms with Crippen molar-refractivity contribution in [3.63, 3.8) is 0 Å². The van der Waals surface area contributed by atoms with Gasteiger partial charge in [0.15, 0.2) is 0 Å². The highest BCUT2D eigenvalue weighted by Crippen LogP contribution is 2.41. The van der Waals surface area contributed by atoms with E-state index in [1.807, 2.05) is 22.6 Å². The van der Waals surface area contributed by atoms with Gasteiger partial charge in [0, 0.05) is 31.7 Å². The van der Waals surface area contributed by atoms with Crippen LogP contribution in [0.1, 0.15) is 12.1 Å². The zero-order valence-electron chi connectivity index (χ0n) is 18.0. The zero-order valence-corrected chi connectivity index (χ0v) is 18.0. The number of ether oxygens (including phenoxy) is 1. The Morgan fingerprint density at radius 2 is 1.65 bits per heavy atom. The molecule has 160 valence electrons. The third kappa shape index (κ3) is 3.89. The number of anilines is 1. The lowest BCUT2D eigenvalue weighted by Gasteiger charge is -2.32. The molecule has 3 heterocycles. The highest BCUT2D eigenvalue weighted by Gasteiger charge is 2.31. The van der Waals surface area contributed by atoms with Gasteiger partial charge >= 0.3 is 0 Å². The van der Waals surface area contributed by atoms with E-state index >= 15 is 0 Å². The van der Waals surface area contributed by atoms with Crippen LogP contribution in [0.25, 0.3) is 22.3 Å². The van der Waals surface area contributed by atoms with E-state index in [9.17, 15) is 4.79 Å².